The molecule has 1 aliphatic heterocycles. The molecule has 0 unspecified atom stereocenters. The predicted molar refractivity (Wildman–Crippen MR) is 158 cm³/mol. The Balaban J connectivity index is 1.61. The highest BCUT2D eigenvalue weighted by atomic mass is 35.5. The van der Waals surface area contributed by atoms with Gasteiger partial charge in [0.25, 0.3) is 0 Å². The van der Waals surface area contributed by atoms with Gasteiger partial charge in [0.15, 0.2) is 0 Å². The van der Waals surface area contributed by atoms with Crippen LogP contribution in [0.5, 0.6) is 5.75 Å². The third-order valence-corrected chi connectivity index (χ3v) is 8.34. The number of aryl methyl sites for hydroxylation is 6. The van der Waals surface area contributed by atoms with Gasteiger partial charge in [-0.25, -0.2) is 9.18 Å². The van der Waals surface area contributed by atoms with Gasteiger partial charge in [0, 0.05) is 41.7 Å². The van der Waals surface area contributed by atoms with E-state index in [9.17, 15) is 4.79 Å². The molecule has 4 aromatic rings. The summed E-state index contributed by atoms with van der Waals surface area (Å²) in [7, 11) is 1.85. The third kappa shape index (κ3) is 5.60. The van der Waals surface area contributed by atoms with Crippen LogP contribution in [0, 0.1) is 26.6 Å². The van der Waals surface area contributed by atoms with Crippen LogP contribution in [-0.2, 0) is 36.1 Å². The summed E-state index contributed by atoms with van der Waals surface area (Å²) in [6.45, 7) is 9.74. The lowest BCUT2D eigenvalue weighted by Gasteiger charge is -2.14. The van der Waals surface area contributed by atoms with Crippen LogP contribution in [0.2, 0.25) is 5.02 Å². The summed E-state index contributed by atoms with van der Waals surface area (Å²) in [6.07, 6.45) is 2.81. The van der Waals surface area contributed by atoms with Gasteiger partial charge in [-0.05, 0) is 94.3 Å². The lowest BCUT2D eigenvalue weighted by atomic mass is 9.97. The summed E-state index contributed by atoms with van der Waals surface area (Å²) >= 11 is 6.32. The molecule has 9 heteroatoms. The normalized spacial score (nSPS) is 13.6. The van der Waals surface area contributed by atoms with Crippen LogP contribution in [0.25, 0.3) is 22.0 Å². The third-order valence-electron chi connectivity index (χ3n) is 7.75. The molecule has 5 rings (SSSR count). The zero-order valence-corrected chi connectivity index (χ0v) is 25.2. The van der Waals surface area contributed by atoms with E-state index in [-0.39, 0.29) is 12.4 Å². The van der Waals surface area contributed by atoms with Gasteiger partial charge in [-0.2, -0.15) is 5.10 Å². The van der Waals surface area contributed by atoms with Crippen LogP contribution in [0.4, 0.5) is 4.39 Å². The molecule has 0 N–H and O–H groups in total. The van der Waals surface area contributed by atoms with Crippen LogP contribution in [0.1, 0.15) is 64.8 Å². The zero-order chi connectivity index (χ0) is 29.3. The number of ether oxygens (including phenoxy) is 3. The van der Waals surface area contributed by atoms with Gasteiger partial charge in [-0.15, -0.1) is 0 Å². The number of fused-ring (bicyclic) bond motifs is 2. The fourth-order valence-corrected chi connectivity index (χ4v) is 6.02. The molecule has 1 aliphatic rings. The Bertz CT molecular complexity index is 1580. The van der Waals surface area contributed by atoms with Crippen LogP contribution in [0.15, 0.2) is 24.3 Å². The van der Waals surface area contributed by atoms with E-state index >= 15 is 4.39 Å². The van der Waals surface area contributed by atoms with E-state index < -0.39 is 5.97 Å². The van der Waals surface area contributed by atoms with E-state index in [1.54, 1.807) is 17.7 Å². The zero-order valence-electron chi connectivity index (χ0n) is 24.4. The molecule has 0 spiro atoms. The summed E-state index contributed by atoms with van der Waals surface area (Å²) in [6, 6.07) is 7.15. The molecule has 0 saturated carbocycles. The first kappa shape index (κ1) is 29.1. The quantitative estimate of drug-likeness (QED) is 0.170. The smallest absolute Gasteiger partial charge is 0.355 e. The summed E-state index contributed by atoms with van der Waals surface area (Å²) < 4.78 is 37.2. The highest BCUT2D eigenvalue weighted by molar-refractivity contribution is 6.32. The van der Waals surface area contributed by atoms with Gasteiger partial charge in [-0.3, -0.25) is 4.68 Å². The van der Waals surface area contributed by atoms with E-state index in [1.165, 1.54) is 6.07 Å². The first-order valence-corrected chi connectivity index (χ1v) is 14.6. The second-order valence-corrected chi connectivity index (χ2v) is 11.0. The van der Waals surface area contributed by atoms with Crippen LogP contribution in [0.3, 0.4) is 0 Å². The molecule has 2 aromatic carbocycles. The van der Waals surface area contributed by atoms with E-state index in [1.807, 2.05) is 44.5 Å². The van der Waals surface area contributed by atoms with Crippen molar-refractivity contribution < 1.29 is 23.4 Å². The van der Waals surface area contributed by atoms with Crippen molar-refractivity contribution in [3.63, 3.8) is 0 Å². The Hall–Kier alpha value is -3.36. The lowest BCUT2D eigenvalue weighted by Crippen LogP contribution is -2.15. The molecular weight excluding hydrogens is 545 g/mol. The molecular formula is C32H37ClFN3O4. The molecule has 0 bridgehead atoms. The van der Waals surface area contributed by atoms with Crippen molar-refractivity contribution >= 4 is 28.5 Å². The Morgan fingerprint density at radius 3 is 2.63 bits per heavy atom. The number of rotatable bonds is 7. The number of hydrogen-bond acceptors (Lipinski definition) is 5. The first-order chi connectivity index (χ1) is 19.7. The Labute approximate surface area is 245 Å². The largest absolute Gasteiger partial charge is 0.494 e. The molecule has 0 fully saturated rings. The molecule has 0 atom stereocenters. The van der Waals surface area contributed by atoms with Gasteiger partial charge in [0.05, 0.1) is 36.7 Å². The van der Waals surface area contributed by atoms with Crippen molar-refractivity contribution in [1.82, 2.24) is 14.3 Å². The van der Waals surface area contributed by atoms with Gasteiger partial charge in [0.1, 0.15) is 17.3 Å². The van der Waals surface area contributed by atoms with Crippen molar-refractivity contribution in [2.24, 2.45) is 7.05 Å². The SMILES string of the molecule is CCOC(=O)c1c(CCCOc2cc(C)c(Cl)c(C)c2)c2ccc(F)c3c2n1CCCCOCc1c-3c(C)nn1C. The molecule has 0 amide bonds. The minimum Gasteiger partial charge on any atom is -0.494 e. The second kappa shape index (κ2) is 12.2. The number of carbonyl (C=O) groups is 1. The maximum absolute atomic E-state index is 15.9. The Kier molecular flexibility index (Phi) is 8.71. The van der Waals surface area contributed by atoms with Gasteiger partial charge in [-0.1, -0.05) is 11.6 Å². The molecule has 41 heavy (non-hydrogen) atoms. The highest BCUT2D eigenvalue weighted by Crippen LogP contribution is 2.40. The Morgan fingerprint density at radius 1 is 1.15 bits per heavy atom. The molecule has 0 aliphatic carbocycles. The lowest BCUT2D eigenvalue weighted by molar-refractivity contribution is 0.0512. The van der Waals surface area contributed by atoms with E-state index in [2.05, 4.69) is 5.10 Å². The van der Waals surface area contributed by atoms with Gasteiger partial charge < -0.3 is 18.8 Å². The van der Waals surface area contributed by atoms with Gasteiger partial charge in [0.2, 0.25) is 0 Å². The van der Waals surface area contributed by atoms with Crippen molar-refractivity contribution in [3.05, 3.63) is 68.9 Å². The highest BCUT2D eigenvalue weighted by Gasteiger charge is 2.29. The maximum atomic E-state index is 15.9. The topological polar surface area (TPSA) is 67.5 Å². The second-order valence-electron chi connectivity index (χ2n) is 10.6. The Morgan fingerprint density at radius 2 is 1.90 bits per heavy atom. The van der Waals surface area contributed by atoms with E-state index in [0.717, 1.165) is 56.9 Å². The molecule has 0 radical (unpaired) electrons. The molecule has 3 heterocycles. The average Bonchev–Trinajstić information content (AvgIpc) is 3.38. The van der Waals surface area contributed by atoms with Gasteiger partial charge >= 0.3 is 5.97 Å². The predicted octanol–water partition coefficient (Wildman–Crippen LogP) is 7.26. The average molecular weight is 582 g/mol. The summed E-state index contributed by atoms with van der Waals surface area (Å²) in [5.74, 6) is 0.00820. The molecule has 218 valence electrons. The minimum absolute atomic E-state index is 0.249. The minimum atomic E-state index is -0.399. The molecule has 7 nitrogen and oxygen atoms in total. The number of carbonyl (C=O) groups excluding carboxylic acids is 1. The number of hydrogen-bond donors (Lipinski definition) is 0. The number of esters is 1. The summed E-state index contributed by atoms with van der Waals surface area (Å²) in [5, 5.41) is 6.19. The van der Waals surface area contributed by atoms with Crippen molar-refractivity contribution in [3.8, 4) is 16.9 Å². The van der Waals surface area contributed by atoms with Crippen molar-refractivity contribution in [1.29, 1.82) is 0 Å². The number of aromatic nitrogens is 3. The van der Waals surface area contributed by atoms with Crippen LogP contribution < -0.4 is 4.74 Å². The van der Waals surface area contributed by atoms with Crippen LogP contribution >= 0.6 is 11.6 Å². The van der Waals surface area contributed by atoms with Crippen LogP contribution in [-0.4, -0.2) is 40.1 Å². The number of nitrogens with zero attached hydrogens (tertiary/aromatic N) is 3. The molecule has 2 aromatic heterocycles. The maximum Gasteiger partial charge on any atom is 0.355 e. The standard InChI is InChI=1S/C32H37ClFN3O4/c1-6-40-32(38)31-23(10-9-15-41-22-16-19(2)29(33)20(3)17-22)24-11-12-25(34)28-27-21(4)35-36(5)26(27)18-39-14-8-7-13-37(31)30(24)28/h11-12,16-17H,6-10,13-15,18H2,1-5H3. The summed E-state index contributed by atoms with van der Waals surface area (Å²) in [4.78, 5) is 13.5. The number of benzene rings is 2. The summed E-state index contributed by atoms with van der Waals surface area (Å²) in [5.41, 5.74) is 6.66. The van der Waals surface area contributed by atoms with E-state index in [4.69, 9.17) is 25.8 Å². The fourth-order valence-electron chi connectivity index (χ4n) is 5.91. The van der Waals surface area contributed by atoms with Crippen molar-refractivity contribution in [2.45, 2.75) is 66.5 Å². The van der Waals surface area contributed by atoms with Crippen molar-refractivity contribution in [2.75, 3.05) is 19.8 Å². The molecule has 0 saturated heterocycles. The monoisotopic (exact) mass is 581 g/mol. The number of halogens is 2. The fraction of sp³-hybridized carbons (Fsp3) is 0.438. The first-order valence-electron chi connectivity index (χ1n) is 14.2. The van der Waals surface area contributed by atoms with E-state index in [0.29, 0.717) is 61.7 Å².